The summed E-state index contributed by atoms with van der Waals surface area (Å²) in [4.78, 5) is 12.9. The van der Waals surface area contributed by atoms with Gasteiger partial charge in [0.2, 0.25) is 12.3 Å². The molecular formula is C61H40BF24NO2. The maximum absolute atomic E-state index is 14.2. The zero-order chi connectivity index (χ0) is 65.7. The fraction of sp³-hybridized carbons (Fsp3) is 0.246. The van der Waals surface area contributed by atoms with Gasteiger partial charge in [-0.3, -0.25) is 4.79 Å². The molecule has 0 bridgehead atoms. The van der Waals surface area contributed by atoms with Crippen molar-refractivity contribution in [2.45, 2.75) is 94.0 Å². The number of ether oxygens (including phenoxy) is 1. The number of benzene rings is 7. The minimum Gasteiger partial charge on any atom is -0.405 e. The lowest BCUT2D eigenvalue weighted by Gasteiger charge is -2.46. The summed E-state index contributed by atoms with van der Waals surface area (Å²) in [5.41, 5.74) is -28.1. The van der Waals surface area contributed by atoms with Crippen LogP contribution in [0.15, 0.2) is 164 Å². The van der Waals surface area contributed by atoms with Crippen LogP contribution < -0.4 is 31.2 Å². The Morgan fingerprint density at radius 1 is 0.393 bits per heavy atom. The summed E-state index contributed by atoms with van der Waals surface area (Å²) in [5, 5.41) is 2.08. The molecule has 8 aromatic rings. The molecule has 7 aromatic carbocycles. The third-order valence-corrected chi connectivity index (χ3v) is 14.9. The van der Waals surface area contributed by atoms with Crippen LogP contribution in [-0.4, -0.2) is 11.9 Å². The number of alkyl halides is 24. The van der Waals surface area contributed by atoms with E-state index in [-0.39, 0.29) is 12.3 Å². The maximum atomic E-state index is 14.2. The van der Waals surface area contributed by atoms with Crippen LogP contribution in [0.2, 0.25) is 0 Å². The number of halogens is 24. The number of nitrogens with zero attached hydrogens (tertiary/aromatic N) is 1. The van der Waals surface area contributed by atoms with Gasteiger partial charge in [-0.25, -0.2) is 0 Å². The molecule has 0 amide bonds. The summed E-state index contributed by atoms with van der Waals surface area (Å²) in [7, 11) is 0. The molecule has 89 heavy (non-hydrogen) atoms. The van der Waals surface area contributed by atoms with Gasteiger partial charge in [0.15, 0.2) is 6.20 Å². The van der Waals surface area contributed by atoms with E-state index in [2.05, 4.69) is 30.3 Å². The first-order chi connectivity index (χ1) is 41.0. The molecule has 1 heterocycles. The standard InChI is InChI=1S/C32H12BF24.C29H28NO2/c34-25(35,36)13-1-14(26(37,38)39)6-21(5-13)33(22-7-15(27(40,41)42)2-16(8-22)28(43,44)45,23-9-17(29(46,47)48)3-18(10-23)30(49,50)51)24-11-19(31(52,53)54)4-20(12-24)32(55,56)57;31-28(25-12-5-2-6-13-25)21-30-20-19-24-11-7-8-14-27(24)29(30)32-26-17-15-23(16-18-26)22-9-3-1-4-10-22/h1-12H;2,5-8,11-20,22H,1,3-4,9-10,21H2/q-1;+1. The van der Waals surface area contributed by atoms with Crippen LogP contribution in [0.5, 0.6) is 11.6 Å². The molecule has 0 aliphatic heterocycles. The summed E-state index contributed by atoms with van der Waals surface area (Å²) < 4.78 is 349. The monoisotopic (exact) mass is 1290 g/mol. The lowest BCUT2D eigenvalue weighted by Crippen LogP contribution is -2.75. The molecule has 1 saturated carbocycles. The van der Waals surface area contributed by atoms with Crippen molar-refractivity contribution in [2.75, 3.05) is 0 Å². The average Bonchev–Trinajstić information content (AvgIpc) is 0.715. The van der Waals surface area contributed by atoms with Gasteiger partial charge < -0.3 is 4.74 Å². The Morgan fingerprint density at radius 3 is 1.06 bits per heavy atom. The van der Waals surface area contributed by atoms with Gasteiger partial charge in [0, 0.05) is 11.6 Å². The second-order valence-corrected chi connectivity index (χ2v) is 20.9. The van der Waals surface area contributed by atoms with E-state index in [1.165, 1.54) is 37.7 Å². The molecule has 1 aliphatic rings. The van der Waals surface area contributed by atoms with E-state index in [1.807, 2.05) is 65.4 Å². The number of hydrogen-bond donors (Lipinski definition) is 0. The zero-order valence-corrected chi connectivity index (χ0v) is 44.8. The van der Waals surface area contributed by atoms with Gasteiger partial charge in [-0.2, -0.15) is 132 Å². The second-order valence-electron chi connectivity index (χ2n) is 20.9. The molecule has 9 rings (SSSR count). The first kappa shape index (κ1) is 66.8. The van der Waals surface area contributed by atoms with Crippen molar-refractivity contribution in [1.82, 2.24) is 0 Å². The highest BCUT2D eigenvalue weighted by molar-refractivity contribution is 7.20. The molecule has 28 heteroatoms. The van der Waals surface area contributed by atoms with Gasteiger partial charge in [0.1, 0.15) is 11.9 Å². The number of rotatable bonds is 10. The molecule has 1 aliphatic carbocycles. The molecule has 0 spiro atoms. The number of carbonyl (C=O) groups excluding carboxylic acids is 1. The first-order valence-electron chi connectivity index (χ1n) is 26.2. The molecule has 1 aromatic heterocycles. The van der Waals surface area contributed by atoms with Crippen LogP contribution in [0.3, 0.4) is 0 Å². The lowest BCUT2D eigenvalue weighted by atomic mass is 9.12. The number of ketones is 1. The number of hydrogen-bond acceptors (Lipinski definition) is 2. The van der Waals surface area contributed by atoms with E-state index in [1.54, 1.807) is 0 Å². The minimum absolute atomic E-state index is 0.0587. The molecule has 0 saturated heterocycles. The number of Topliss-reactive ketones (excluding diaryl/α,β-unsaturated/α-hetero) is 1. The van der Waals surface area contributed by atoms with Crippen LogP contribution in [-0.2, 0) is 56.0 Å². The maximum Gasteiger partial charge on any atom is 0.416 e. The molecule has 472 valence electrons. The summed E-state index contributed by atoms with van der Waals surface area (Å²) in [5.74, 6) is 2.21. The molecule has 0 unspecified atom stereocenters. The van der Waals surface area contributed by atoms with Crippen LogP contribution >= 0.6 is 0 Å². The third-order valence-electron chi connectivity index (χ3n) is 14.9. The third kappa shape index (κ3) is 15.3. The van der Waals surface area contributed by atoms with E-state index < -0.39 is 195 Å². The van der Waals surface area contributed by atoms with Gasteiger partial charge in [-0.15, -0.1) is 0 Å². The lowest BCUT2D eigenvalue weighted by molar-refractivity contribution is -0.685. The minimum atomic E-state index is -6.13. The topological polar surface area (TPSA) is 30.2 Å². The van der Waals surface area contributed by atoms with Crippen molar-refractivity contribution in [3.63, 3.8) is 0 Å². The Bertz CT molecular complexity index is 3410. The van der Waals surface area contributed by atoms with Gasteiger partial charge >= 0.3 is 55.3 Å². The molecule has 1 fully saturated rings. The largest absolute Gasteiger partial charge is 0.416 e. The van der Waals surface area contributed by atoms with Crippen LogP contribution in [0.4, 0.5) is 105 Å². The van der Waals surface area contributed by atoms with Gasteiger partial charge in [0.05, 0.1) is 49.9 Å². The zero-order valence-electron chi connectivity index (χ0n) is 44.8. The predicted molar refractivity (Wildman–Crippen MR) is 277 cm³/mol. The first-order valence-corrected chi connectivity index (χ1v) is 26.2. The molecule has 0 radical (unpaired) electrons. The van der Waals surface area contributed by atoms with E-state index in [4.69, 9.17) is 4.74 Å². The number of aromatic nitrogens is 1. The van der Waals surface area contributed by atoms with Crippen LogP contribution in [0.1, 0.15) is 98.5 Å². The molecular weight excluding hydrogens is 1250 g/mol. The summed E-state index contributed by atoms with van der Waals surface area (Å²) >= 11 is 0. The molecule has 0 N–H and O–H groups in total. The Kier molecular flexibility index (Phi) is 18.2. The van der Waals surface area contributed by atoms with E-state index in [0.29, 0.717) is 17.4 Å². The van der Waals surface area contributed by atoms with Gasteiger partial charge in [0.25, 0.3) is 0 Å². The Hall–Kier alpha value is -8.20. The highest BCUT2D eigenvalue weighted by Crippen LogP contribution is 2.42. The van der Waals surface area contributed by atoms with E-state index in [9.17, 15) is 110 Å². The number of pyridine rings is 1. The van der Waals surface area contributed by atoms with Crippen molar-refractivity contribution >= 4 is 44.6 Å². The Balaban J connectivity index is 0.000000267. The predicted octanol–water partition coefficient (Wildman–Crippen LogP) is 18.1. The normalized spacial score (nSPS) is 14.3. The summed E-state index contributed by atoms with van der Waals surface area (Å²) in [6.45, 7) is 0.227. The summed E-state index contributed by atoms with van der Waals surface area (Å²) in [6.07, 6.45) is -46.3. The second kappa shape index (κ2) is 24.3. The smallest absolute Gasteiger partial charge is 0.405 e. The molecule has 0 atom stereocenters. The fourth-order valence-corrected chi connectivity index (χ4v) is 10.8. The summed E-state index contributed by atoms with van der Waals surface area (Å²) in [6, 6.07) is 19.3. The van der Waals surface area contributed by atoms with Crippen molar-refractivity contribution in [3.05, 3.63) is 220 Å². The Labute approximate surface area is 488 Å². The van der Waals surface area contributed by atoms with Gasteiger partial charge in [-0.05, 0) is 72.2 Å². The van der Waals surface area contributed by atoms with E-state index in [0.717, 1.165) is 16.5 Å². The van der Waals surface area contributed by atoms with Crippen molar-refractivity contribution in [3.8, 4) is 11.6 Å². The SMILES string of the molecule is FC(F)(F)c1cc([B-](c2cc(C(F)(F)F)cc(C(F)(F)F)c2)(c2cc(C(F)(F)F)cc(C(F)(F)F)c2)c2cc(C(F)(F)F)cc(C(F)(F)F)c2)cc(C(F)(F)F)c1.O=C(C[n+]1ccc2ccccc2c1Oc1ccc(C2CCCCC2)cc1)c1ccccc1. The quantitative estimate of drug-likeness (QED) is 0.0591. The van der Waals surface area contributed by atoms with Crippen molar-refractivity contribution < 1.29 is 119 Å². The number of fused-ring (bicyclic) bond motifs is 1. The molecule has 3 nitrogen and oxygen atoms in total. The van der Waals surface area contributed by atoms with E-state index >= 15 is 0 Å². The van der Waals surface area contributed by atoms with Crippen LogP contribution in [0, 0.1) is 0 Å². The van der Waals surface area contributed by atoms with Crippen molar-refractivity contribution in [1.29, 1.82) is 0 Å². The van der Waals surface area contributed by atoms with Crippen molar-refractivity contribution in [2.24, 2.45) is 0 Å². The highest BCUT2D eigenvalue weighted by atomic mass is 19.4. The highest BCUT2D eigenvalue weighted by Gasteiger charge is 2.47. The number of carbonyl (C=O) groups is 1. The van der Waals surface area contributed by atoms with Crippen LogP contribution in [0.25, 0.3) is 10.8 Å². The fourth-order valence-electron chi connectivity index (χ4n) is 10.8. The Morgan fingerprint density at radius 2 is 0.719 bits per heavy atom. The average molecular weight is 1290 g/mol. The van der Waals surface area contributed by atoms with Gasteiger partial charge in [-0.1, -0.05) is 128 Å².